The number of Topliss-reactive ketones (excluding diaryl/α,β-unsaturated/α-hetero) is 1. The van der Waals surface area contributed by atoms with Crippen molar-refractivity contribution in [3.05, 3.63) is 36.9 Å². The lowest BCUT2D eigenvalue weighted by Crippen LogP contribution is -2.49. The van der Waals surface area contributed by atoms with Gasteiger partial charge in [0.25, 0.3) is 0 Å². The Morgan fingerprint density at radius 3 is 2.20 bits per heavy atom. The number of ketones is 1. The fourth-order valence-electron chi connectivity index (χ4n) is 7.71. The monoisotopic (exact) mass is 712 g/mol. The smallest absolute Gasteiger partial charge is 0.306 e. The molecule has 2 amide bonds. The number of nitrogens with one attached hydrogen (secondary N) is 1. The minimum atomic E-state index is -3.82. The van der Waals surface area contributed by atoms with E-state index in [9.17, 15) is 27.6 Å². The van der Waals surface area contributed by atoms with E-state index in [-0.39, 0.29) is 49.8 Å². The maximum atomic E-state index is 14.6. The van der Waals surface area contributed by atoms with Crippen LogP contribution >= 0.6 is 0 Å². The third-order valence-electron chi connectivity index (χ3n) is 11.2. The Bertz CT molecular complexity index is 1570. The lowest BCUT2D eigenvalue weighted by molar-refractivity contribution is -0.156. The summed E-state index contributed by atoms with van der Waals surface area (Å²) in [5.41, 5.74) is 0.0390. The summed E-state index contributed by atoms with van der Waals surface area (Å²) in [7, 11) is -3.82. The number of nitrogens with zero attached hydrogens (tertiary/aromatic N) is 3. The van der Waals surface area contributed by atoms with E-state index >= 15 is 0 Å². The third kappa shape index (κ3) is 7.88. The first-order chi connectivity index (χ1) is 23.7. The summed E-state index contributed by atoms with van der Waals surface area (Å²) < 4.78 is 38.9. The lowest BCUT2D eigenvalue weighted by atomic mass is 9.77. The van der Waals surface area contributed by atoms with Crippen LogP contribution in [0, 0.1) is 22.7 Å². The van der Waals surface area contributed by atoms with Crippen molar-refractivity contribution in [1.82, 2.24) is 9.62 Å². The summed E-state index contributed by atoms with van der Waals surface area (Å²) in [6.45, 7) is 12.8. The van der Waals surface area contributed by atoms with Crippen LogP contribution in [0.2, 0.25) is 0 Å². The van der Waals surface area contributed by atoms with Crippen molar-refractivity contribution in [3.8, 4) is 0 Å². The van der Waals surface area contributed by atoms with Crippen LogP contribution in [0.5, 0.6) is 0 Å². The van der Waals surface area contributed by atoms with Gasteiger partial charge in [0.05, 0.1) is 42.9 Å². The Labute approximate surface area is 295 Å². The van der Waals surface area contributed by atoms with E-state index < -0.39 is 49.9 Å². The molecule has 0 unspecified atom stereocenters. The van der Waals surface area contributed by atoms with Gasteiger partial charge in [-0.05, 0) is 80.5 Å². The quantitative estimate of drug-likeness (QED) is 0.237. The van der Waals surface area contributed by atoms with E-state index in [4.69, 9.17) is 9.47 Å². The molecule has 6 rings (SSSR count). The normalized spacial score (nSPS) is 26.4. The molecule has 12 nitrogen and oxygen atoms in total. The number of amides is 2. The minimum absolute atomic E-state index is 0.103. The first-order valence-electron chi connectivity index (χ1n) is 18.1. The molecule has 1 N–H and O–H groups in total. The molecule has 3 saturated carbocycles. The number of benzene rings is 1. The van der Waals surface area contributed by atoms with Crippen molar-refractivity contribution in [2.75, 3.05) is 49.3 Å². The summed E-state index contributed by atoms with van der Waals surface area (Å²) in [6, 6.07) is 7.10. The van der Waals surface area contributed by atoms with Crippen molar-refractivity contribution >= 4 is 45.0 Å². The fraction of sp³-hybridized carbons (Fsp3) is 0.676. The summed E-state index contributed by atoms with van der Waals surface area (Å²) >= 11 is 0. The summed E-state index contributed by atoms with van der Waals surface area (Å²) in [4.78, 5) is 61.4. The van der Waals surface area contributed by atoms with Crippen LogP contribution in [-0.4, -0.2) is 93.8 Å². The summed E-state index contributed by atoms with van der Waals surface area (Å²) in [5.74, 6) is -2.85. The Morgan fingerprint density at radius 1 is 1.02 bits per heavy atom. The van der Waals surface area contributed by atoms with Crippen molar-refractivity contribution in [2.24, 2.45) is 22.7 Å². The number of morpholine rings is 1. The first kappa shape index (κ1) is 36.3. The maximum absolute atomic E-state index is 14.6. The number of esters is 1. The highest BCUT2D eigenvalue weighted by Gasteiger charge is 2.61. The van der Waals surface area contributed by atoms with Gasteiger partial charge in [-0.3, -0.25) is 23.9 Å². The van der Waals surface area contributed by atoms with E-state index in [1.807, 2.05) is 49.9 Å². The number of ether oxygens (including phenoxy) is 2. The molecule has 4 atom stereocenters. The van der Waals surface area contributed by atoms with Gasteiger partial charge in [-0.15, -0.1) is 6.58 Å². The van der Waals surface area contributed by atoms with Crippen molar-refractivity contribution < 1.29 is 37.1 Å². The summed E-state index contributed by atoms with van der Waals surface area (Å²) in [6.07, 6.45) is 6.13. The minimum Gasteiger partial charge on any atom is -0.462 e. The van der Waals surface area contributed by atoms with Crippen LogP contribution in [0.15, 0.2) is 36.9 Å². The first-order valence-corrected chi connectivity index (χ1v) is 19.7. The molecule has 5 fully saturated rings. The average Bonchev–Trinajstić information content (AvgIpc) is 3.96. The molecule has 0 spiro atoms. The van der Waals surface area contributed by atoms with Crippen molar-refractivity contribution in [1.29, 1.82) is 0 Å². The van der Waals surface area contributed by atoms with E-state index in [1.165, 1.54) is 0 Å². The molecule has 1 aromatic rings. The van der Waals surface area contributed by atoms with Gasteiger partial charge >= 0.3 is 5.97 Å². The van der Waals surface area contributed by atoms with E-state index in [0.717, 1.165) is 50.1 Å². The molecule has 2 saturated heterocycles. The van der Waals surface area contributed by atoms with E-state index in [2.05, 4.69) is 16.2 Å². The second kappa shape index (κ2) is 14.3. The predicted molar refractivity (Wildman–Crippen MR) is 189 cm³/mol. The Kier molecular flexibility index (Phi) is 10.4. The highest BCUT2D eigenvalue weighted by atomic mass is 32.2. The van der Waals surface area contributed by atoms with Crippen LogP contribution in [0.1, 0.15) is 78.6 Å². The molecule has 1 aromatic carbocycles. The van der Waals surface area contributed by atoms with Crippen molar-refractivity contribution in [3.63, 3.8) is 0 Å². The maximum Gasteiger partial charge on any atom is 0.306 e. The van der Waals surface area contributed by atoms with Crippen LogP contribution in [0.3, 0.4) is 0 Å². The van der Waals surface area contributed by atoms with E-state index in [0.29, 0.717) is 32.5 Å². The zero-order valence-corrected chi connectivity index (χ0v) is 30.4. The Hall–Kier alpha value is -3.45. The molecule has 0 bridgehead atoms. The number of allylic oxidation sites excluding steroid dienone is 1. The topological polar surface area (TPSA) is 143 Å². The van der Waals surface area contributed by atoms with Gasteiger partial charge in [-0.25, -0.2) is 8.42 Å². The molecule has 0 aromatic heterocycles. The molecule has 0 radical (unpaired) electrons. The van der Waals surface area contributed by atoms with Gasteiger partial charge in [0.2, 0.25) is 21.8 Å². The molecule has 50 heavy (non-hydrogen) atoms. The largest absolute Gasteiger partial charge is 0.462 e. The van der Waals surface area contributed by atoms with Gasteiger partial charge in [0, 0.05) is 37.4 Å². The zero-order valence-electron chi connectivity index (χ0n) is 29.6. The van der Waals surface area contributed by atoms with Gasteiger partial charge < -0.3 is 24.2 Å². The Balaban J connectivity index is 1.24. The number of carbonyl (C=O) groups excluding carboxylic acids is 4. The van der Waals surface area contributed by atoms with Crippen LogP contribution in [0.25, 0.3) is 0 Å². The van der Waals surface area contributed by atoms with Crippen LogP contribution < -0.4 is 14.5 Å². The van der Waals surface area contributed by atoms with Crippen molar-refractivity contribution in [2.45, 2.75) is 96.0 Å². The van der Waals surface area contributed by atoms with Crippen LogP contribution in [0.4, 0.5) is 11.4 Å². The molecule has 3 aliphatic carbocycles. The molecule has 2 heterocycles. The zero-order chi connectivity index (χ0) is 35.8. The molecule has 274 valence electrons. The number of anilines is 2. The second-order valence-electron chi connectivity index (χ2n) is 15.8. The molecular formula is C37H52N4O8S. The number of hydrogen-bond acceptors (Lipinski definition) is 10. The average molecular weight is 713 g/mol. The number of hydrogen-bond donors (Lipinski definition) is 1. The Morgan fingerprint density at radius 2 is 1.64 bits per heavy atom. The third-order valence-corrected chi connectivity index (χ3v) is 13.0. The van der Waals surface area contributed by atoms with E-state index in [1.54, 1.807) is 11.0 Å². The molecular weight excluding hydrogens is 660 g/mol. The van der Waals surface area contributed by atoms with Gasteiger partial charge in [0.15, 0.2) is 5.78 Å². The SMILES string of the molecule is C=C[C@@H]1C[C@]1(CC(=O)[C@@H]1CN(c2ccc(N3CCOCC3)cc2)CN1C(=O)[C@@H](CC(=O)OC1CCCC1)C(C)(C)C)C(=O)NS(=O)(=O)C1CC1. The van der Waals surface area contributed by atoms with Crippen LogP contribution in [-0.2, 0) is 38.7 Å². The van der Waals surface area contributed by atoms with Gasteiger partial charge in [-0.1, -0.05) is 26.8 Å². The van der Waals surface area contributed by atoms with Gasteiger partial charge in [-0.2, -0.15) is 0 Å². The molecule has 5 aliphatic rings. The fourth-order valence-corrected chi connectivity index (χ4v) is 9.09. The number of rotatable bonds is 13. The summed E-state index contributed by atoms with van der Waals surface area (Å²) in [5, 5.41) is -0.582. The number of carbonyl (C=O) groups is 4. The highest BCUT2D eigenvalue weighted by molar-refractivity contribution is 7.90. The highest BCUT2D eigenvalue weighted by Crippen LogP contribution is 2.57. The predicted octanol–water partition coefficient (Wildman–Crippen LogP) is 3.80. The standard InChI is InChI=1S/C37H52N4O8S/c1-5-25-21-37(25,35(45)38-50(46,47)29-14-15-29)22-32(42)31-23-40(27-12-10-26(11-13-27)39-16-18-48-19-17-39)24-41(31)34(44)30(36(2,3)4)20-33(43)49-28-8-6-7-9-28/h5,10-13,25,28-31H,1,6-9,14-24H2,2-4H3,(H,38,45)/t25-,30-,31+,37-/m1/s1. The number of sulfonamides is 1. The van der Waals surface area contributed by atoms with Gasteiger partial charge in [0.1, 0.15) is 12.1 Å². The second-order valence-corrected chi connectivity index (χ2v) is 17.8. The lowest BCUT2D eigenvalue weighted by Gasteiger charge is -2.34. The molecule has 2 aliphatic heterocycles. The molecule has 13 heteroatoms.